The van der Waals surface area contributed by atoms with Gasteiger partial charge in [-0.05, 0) is 19.1 Å². The van der Waals surface area contributed by atoms with E-state index in [4.69, 9.17) is 25.8 Å². The van der Waals surface area contributed by atoms with E-state index >= 15 is 0 Å². The summed E-state index contributed by atoms with van der Waals surface area (Å²) >= 11 is 6.17. The Balaban J connectivity index is 1.89. The number of carbonyl (C=O) groups is 1. The first-order chi connectivity index (χ1) is 9.66. The molecule has 1 saturated heterocycles. The predicted octanol–water partition coefficient (Wildman–Crippen LogP) is 1.97. The minimum Gasteiger partial charge on any atom is -0.486 e. The zero-order valence-corrected chi connectivity index (χ0v) is 12.0. The van der Waals surface area contributed by atoms with E-state index < -0.39 is 0 Å². The number of ether oxygens (including phenoxy) is 3. The van der Waals surface area contributed by atoms with Crippen LogP contribution in [0.25, 0.3) is 0 Å². The lowest BCUT2D eigenvalue weighted by atomic mass is 10.1. The summed E-state index contributed by atoms with van der Waals surface area (Å²) in [6, 6.07) is 3.40. The van der Waals surface area contributed by atoms with Crippen molar-refractivity contribution in [2.45, 2.75) is 13.0 Å². The molecule has 1 fully saturated rings. The van der Waals surface area contributed by atoms with E-state index in [0.29, 0.717) is 55.1 Å². The van der Waals surface area contributed by atoms with Crippen LogP contribution >= 0.6 is 11.6 Å². The van der Waals surface area contributed by atoms with Gasteiger partial charge in [-0.25, -0.2) is 0 Å². The summed E-state index contributed by atoms with van der Waals surface area (Å²) in [5.74, 6) is 0.997. The lowest BCUT2D eigenvalue weighted by Gasteiger charge is -2.33. The van der Waals surface area contributed by atoms with Crippen LogP contribution in [0.4, 0.5) is 0 Å². The number of benzene rings is 1. The number of hydrogen-bond acceptors (Lipinski definition) is 4. The van der Waals surface area contributed by atoms with Crippen LogP contribution < -0.4 is 9.47 Å². The predicted molar refractivity (Wildman–Crippen MR) is 73.8 cm³/mol. The molecule has 0 spiro atoms. The van der Waals surface area contributed by atoms with Crippen LogP contribution in [0.15, 0.2) is 12.1 Å². The van der Waals surface area contributed by atoms with Gasteiger partial charge in [0.25, 0.3) is 5.91 Å². The molecular formula is C14H16ClNO4. The molecule has 0 bridgehead atoms. The van der Waals surface area contributed by atoms with Crippen LogP contribution in [-0.2, 0) is 4.74 Å². The Labute approximate surface area is 122 Å². The van der Waals surface area contributed by atoms with Crippen molar-refractivity contribution in [1.82, 2.24) is 4.90 Å². The maximum absolute atomic E-state index is 12.6. The highest BCUT2D eigenvalue weighted by Gasteiger charge is 2.27. The second-order valence-corrected chi connectivity index (χ2v) is 5.31. The van der Waals surface area contributed by atoms with Gasteiger partial charge in [-0.2, -0.15) is 0 Å². The molecule has 0 radical (unpaired) electrons. The molecule has 1 amide bonds. The largest absolute Gasteiger partial charge is 0.486 e. The van der Waals surface area contributed by atoms with Crippen molar-refractivity contribution in [2.24, 2.45) is 0 Å². The van der Waals surface area contributed by atoms with Gasteiger partial charge in [-0.15, -0.1) is 0 Å². The van der Waals surface area contributed by atoms with E-state index in [1.165, 1.54) is 0 Å². The minimum atomic E-state index is -0.0559. The van der Waals surface area contributed by atoms with Gasteiger partial charge in [0.1, 0.15) is 13.2 Å². The monoisotopic (exact) mass is 297 g/mol. The highest BCUT2D eigenvalue weighted by atomic mass is 35.5. The topological polar surface area (TPSA) is 48.0 Å². The molecule has 0 aromatic heterocycles. The third-order valence-electron chi connectivity index (χ3n) is 3.47. The molecule has 5 nitrogen and oxygen atoms in total. The Bertz CT molecular complexity index is 534. The average molecular weight is 298 g/mol. The Hall–Kier alpha value is -1.46. The van der Waals surface area contributed by atoms with Crippen LogP contribution in [0.1, 0.15) is 17.3 Å². The molecular weight excluding hydrogens is 282 g/mol. The minimum absolute atomic E-state index is 0.0559. The second kappa shape index (κ2) is 5.50. The van der Waals surface area contributed by atoms with E-state index in [9.17, 15) is 4.79 Å². The number of rotatable bonds is 1. The van der Waals surface area contributed by atoms with E-state index in [1.54, 1.807) is 17.0 Å². The third-order valence-corrected chi connectivity index (χ3v) is 3.75. The normalized spacial score (nSPS) is 21.7. The van der Waals surface area contributed by atoms with Gasteiger partial charge in [0, 0.05) is 12.1 Å². The average Bonchev–Trinajstić information content (AvgIpc) is 2.47. The molecule has 2 aliphatic rings. The zero-order chi connectivity index (χ0) is 14.1. The van der Waals surface area contributed by atoms with Gasteiger partial charge < -0.3 is 19.1 Å². The Morgan fingerprint density at radius 1 is 1.30 bits per heavy atom. The van der Waals surface area contributed by atoms with Crippen molar-refractivity contribution in [3.8, 4) is 11.5 Å². The third kappa shape index (κ3) is 2.43. The summed E-state index contributed by atoms with van der Waals surface area (Å²) < 4.78 is 16.3. The molecule has 1 aromatic carbocycles. The smallest absolute Gasteiger partial charge is 0.254 e. The molecule has 0 aliphatic carbocycles. The number of carbonyl (C=O) groups excluding carboxylic acids is 1. The standard InChI is InChI=1S/C14H16ClNO4/c1-9-8-18-3-2-16(9)14(17)10-6-11(15)13-12(7-10)19-4-5-20-13/h6-7,9H,2-5,8H2,1H3/t9-/m0/s1. The summed E-state index contributed by atoms with van der Waals surface area (Å²) in [6.07, 6.45) is 0. The molecule has 0 saturated carbocycles. The molecule has 0 N–H and O–H groups in total. The molecule has 1 aromatic rings. The van der Waals surface area contributed by atoms with Gasteiger partial charge in [0.15, 0.2) is 11.5 Å². The first-order valence-electron chi connectivity index (χ1n) is 6.64. The summed E-state index contributed by atoms with van der Waals surface area (Å²) in [7, 11) is 0. The van der Waals surface area contributed by atoms with E-state index in [0.717, 1.165) is 0 Å². The first kappa shape index (κ1) is 13.5. The fraction of sp³-hybridized carbons (Fsp3) is 0.500. The van der Waals surface area contributed by atoms with E-state index in [2.05, 4.69) is 0 Å². The molecule has 0 unspecified atom stereocenters. The quantitative estimate of drug-likeness (QED) is 0.795. The van der Waals surface area contributed by atoms with Crippen LogP contribution in [0.3, 0.4) is 0 Å². The van der Waals surface area contributed by atoms with E-state index in [-0.39, 0.29) is 11.9 Å². The summed E-state index contributed by atoms with van der Waals surface area (Å²) in [5, 5.41) is 0.409. The maximum atomic E-state index is 12.6. The zero-order valence-electron chi connectivity index (χ0n) is 11.2. The molecule has 2 aliphatic heterocycles. The Morgan fingerprint density at radius 2 is 2.10 bits per heavy atom. The number of fused-ring (bicyclic) bond motifs is 1. The van der Waals surface area contributed by atoms with Crippen molar-refractivity contribution < 1.29 is 19.0 Å². The lowest BCUT2D eigenvalue weighted by Crippen LogP contribution is -2.47. The summed E-state index contributed by atoms with van der Waals surface area (Å²) in [6.45, 7) is 4.62. The number of nitrogens with zero attached hydrogens (tertiary/aromatic N) is 1. The van der Waals surface area contributed by atoms with Crippen molar-refractivity contribution in [3.63, 3.8) is 0 Å². The van der Waals surface area contributed by atoms with Gasteiger partial charge >= 0.3 is 0 Å². The SMILES string of the molecule is C[C@H]1COCCN1C(=O)c1cc(Cl)c2c(c1)OCCO2. The summed E-state index contributed by atoms with van der Waals surface area (Å²) in [5.41, 5.74) is 0.521. The Morgan fingerprint density at radius 3 is 2.90 bits per heavy atom. The highest BCUT2D eigenvalue weighted by Crippen LogP contribution is 2.38. The van der Waals surface area contributed by atoms with Crippen LogP contribution in [-0.4, -0.2) is 49.8 Å². The number of hydrogen-bond donors (Lipinski definition) is 0. The second-order valence-electron chi connectivity index (χ2n) is 4.90. The molecule has 2 heterocycles. The fourth-order valence-electron chi connectivity index (χ4n) is 2.43. The fourth-order valence-corrected chi connectivity index (χ4v) is 2.69. The van der Waals surface area contributed by atoms with Crippen LogP contribution in [0.5, 0.6) is 11.5 Å². The van der Waals surface area contributed by atoms with Crippen molar-refractivity contribution in [1.29, 1.82) is 0 Å². The highest BCUT2D eigenvalue weighted by molar-refractivity contribution is 6.32. The molecule has 20 heavy (non-hydrogen) atoms. The van der Waals surface area contributed by atoms with Gasteiger partial charge in [-0.1, -0.05) is 11.6 Å². The summed E-state index contributed by atoms with van der Waals surface area (Å²) in [4.78, 5) is 14.4. The van der Waals surface area contributed by atoms with Gasteiger partial charge in [-0.3, -0.25) is 4.79 Å². The Kier molecular flexibility index (Phi) is 3.72. The number of morpholine rings is 1. The van der Waals surface area contributed by atoms with Crippen LogP contribution in [0.2, 0.25) is 5.02 Å². The molecule has 3 rings (SSSR count). The van der Waals surface area contributed by atoms with Gasteiger partial charge in [0.05, 0.1) is 24.3 Å². The van der Waals surface area contributed by atoms with Crippen molar-refractivity contribution in [3.05, 3.63) is 22.7 Å². The molecule has 6 heteroatoms. The first-order valence-corrected chi connectivity index (χ1v) is 7.02. The van der Waals surface area contributed by atoms with Crippen LogP contribution in [0, 0.1) is 0 Å². The van der Waals surface area contributed by atoms with Crippen molar-refractivity contribution in [2.75, 3.05) is 33.0 Å². The van der Waals surface area contributed by atoms with E-state index in [1.807, 2.05) is 6.92 Å². The lowest BCUT2D eigenvalue weighted by molar-refractivity contribution is 0.00356. The number of halogens is 1. The number of amides is 1. The van der Waals surface area contributed by atoms with Crippen molar-refractivity contribution >= 4 is 17.5 Å². The van der Waals surface area contributed by atoms with Gasteiger partial charge in [0.2, 0.25) is 0 Å². The maximum Gasteiger partial charge on any atom is 0.254 e. The molecule has 108 valence electrons. The molecule has 1 atom stereocenters.